The summed E-state index contributed by atoms with van der Waals surface area (Å²) in [5, 5.41) is 12.0. The number of aryl methyl sites for hydroxylation is 1. The van der Waals surface area contributed by atoms with Gasteiger partial charge in [0.1, 0.15) is 0 Å². The lowest BCUT2D eigenvalue weighted by Gasteiger charge is -2.21. The standard InChI is InChI=1S/C26H37N3.2C2H6.H2/c1-6-16-29(17-7-2)19-23-11-9-10-22(18-23)13-14-24(27)26-20(4)12-15-25(21(26)5)28-8-3;2*1-2;/h9-15,18,27-28H,6-8,16-17,19H2,1-5H3;2*1-2H3;1H/b14-13+,27-24?;;;. The molecule has 0 aromatic heterocycles. The molecule has 186 valence electrons. The number of rotatable bonds is 11. The lowest BCUT2D eigenvalue weighted by molar-refractivity contribution is 0.266. The molecule has 3 heteroatoms. The molecule has 0 aliphatic rings. The fourth-order valence-electron chi connectivity index (χ4n) is 3.86. The molecule has 0 aliphatic heterocycles. The smallest absolute Gasteiger partial charge is 0.0618 e. The van der Waals surface area contributed by atoms with E-state index in [1.54, 1.807) is 0 Å². The summed E-state index contributed by atoms with van der Waals surface area (Å²) in [6.07, 6.45) is 6.36. The van der Waals surface area contributed by atoms with Crippen molar-refractivity contribution in [2.45, 2.75) is 81.7 Å². The van der Waals surface area contributed by atoms with Crippen molar-refractivity contribution in [1.29, 1.82) is 5.41 Å². The summed E-state index contributed by atoms with van der Waals surface area (Å²) in [7, 11) is 0. The summed E-state index contributed by atoms with van der Waals surface area (Å²) in [6.45, 7) is 22.9. The highest BCUT2D eigenvalue weighted by Gasteiger charge is 2.10. The fraction of sp³-hybridized carbons (Fsp3) is 0.500. The van der Waals surface area contributed by atoms with Crippen LogP contribution in [0.4, 0.5) is 5.69 Å². The second-order valence-electron chi connectivity index (χ2n) is 7.73. The second kappa shape index (κ2) is 18.1. The van der Waals surface area contributed by atoms with Crippen LogP contribution in [-0.4, -0.2) is 30.2 Å². The third-order valence-electron chi connectivity index (χ3n) is 5.19. The summed E-state index contributed by atoms with van der Waals surface area (Å²) in [4.78, 5) is 2.52. The van der Waals surface area contributed by atoms with E-state index in [1.807, 2.05) is 33.8 Å². The molecule has 0 fully saturated rings. The molecule has 0 radical (unpaired) electrons. The maximum Gasteiger partial charge on any atom is 0.0618 e. The van der Waals surface area contributed by atoms with Gasteiger partial charge in [0.05, 0.1) is 5.71 Å². The molecule has 0 unspecified atom stereocenters. The first kappa shape index (κ1) is 30.6. The first-order valence-electron chi connectivity index (χ1n) is 12.9. The van der Waals surface area contributed by atoms with E-state index < -0.39 is 0 Å². The molecule has 0 aliphatic carbocycles. The maximum atomic E-state index is 8.64. The lowest BCUT2D eigenvalue weighted by atomic mass is 9.96. The van der Waals surface area contributed by atoms with Crippen LogP contribution in [0.5, 0.6) is 0 Å². The fourth-order valence-corrected chi connectivity index (χ4v) is 3.86. The van der Waals surface area contributed by atoms with Crippen LogP contribution in [0.1, 0.15) is 90.6 Å². The molecule has 2 rings (SSSR count). The van der Waals surface area contributed by atoms with Gasteiger partial charge in [-0.3, -0.25) is 4.90 Å². The molecule has 0 heterocycles. The van der Waals surface area contributed by atoms with Crippen LogP contribution in [0.3, 0.4) is 0 Å². The second-order valence-corrected chi connectivity index (χ2v) is 7.73. The van der Waals surface area contributed by atoms with Gasteiger partial charge in [-0.2, -0.15) is 0 Å². The molecular formula is C30H51N3. The molecule has 0 atom stereocenters. The molecule has 2 aromatic rings. The third-order valence-corrected chi connectivity index (χ3v) is 5.19. The molecular weight excluding hydrogens is 402 g/mol. The van der Waals surface area contributed by atoms with Gasteiger partial charge in [0.2, 0.25) is 0 Å². The van der Waals surface area contributed by atoms with E-state index in [0.29, 0.717) is 5.71 Å². The number of nitrogens with one attached hydrogen (secondary N) is 2. The van der Waals surface area contributed by atoms with Crippen molar-refractivity contribution in [2.75, 3.05) is 25.0 Å². The summed E-state index contributed by atoms with van der Waals surface area (Å²) in [6, 6.07) is 12.9. The molecule has 2 N–H and O–H groups in total. The number of anilines is 1. The molecule has 0 spiro atoms. The van der Waals surface area contributed by atoms with E-state index in [4.69, 9.17) is 5.41 Å². The highest BCUT2D eigenvalue weighted by Crippen LogP contribution is 2.23. The number of hydrogen-bond acceptors (Lipinski definition) is 3. The first-order chi connectivity index (χ1) is 16.0. The van der Waals surface area contributed by atoms with Gasteiger partial charge in [-0.25, -0.2) is 0 Å². The van der Waals surface area contributed by atoms with Crippen molar-refractivity contribution < 1.29 is 1.43 Å². The zero-order valence-corrected chi connectivity index (χ0v) is 22.8. The third kappa shape index (κ3) is 10.4. The van der Waals surface area contributed by atoms with Crippen molar-refractivity contribution >= 4 is 17.5 Å². The molecule has 0 amide bonds. The number of allylic oxidation sites excluding steroid dienone is 1. The van der Waals surface area contributed by atoms with Gasteiger partial charge in [0.25, 0.3) is 0 Å². The Labute approximate surface area is 206 Å². The highest BCUT2D eigenvalue weighted by molar-refractivity contribution is 6.11. The predicted octanol–water partition coefficient (Wildman–Crippen LogP) is 8.74. The Morgan fingerprint density at radius 1 is 0.970 bits per heavy atom. The Bertz CT molecular complexity index is 837. The van der Waals surface area contributed by atoms with E-state index >= 15 is 0 Å². The SMILES string of the molecule is CC.CC.CCCN(CCC)Cc1cccc(/C=C/C(=N)c2c(C)ccc(NCC)c2C)c1.[HH]. The average molecular weight is 454 g/mol. The van der Waals surface area contributed by atoms with Crippen molar-refractivity contribution in [3.8, 4) is 0 Å². The molecule has 0 bridgehead atoms. The van der Waals surface area contributed by atoms with E-state index in [1.165, 1.54) is 18.4 Å². The monoisotopic (exact) mass is 453 g/mol. The van der Waals surface area contributed by atoms with Crippen LogP contribution >= 0.6 is 0 Å². The quantitative estimate of drug-likeness (QED) is 0.334. The molecule has 0 saturated heterocycles. The van der Waals surface area contributed by atoms with E-state index in [9.17, 15) is 0 Å². The topological polar surface area (TPSA) is 39.1 Å². The molecule has 33 heavy (non-hydrogen) atoms. The van der Waals surface area contributed by atoms with Crippen molar-refractivity contribution in [3.05, 3.63) is 70.3 Å². The van der Waals surface area contributed by atoms with Gasteiger partial charge in [-0.1, -0.05) is 78.0 Å². The van der Waals surface area contributed by atoms with E-state index in [0.717, 1.165) is 54.1 Å². The Morgan fingerprint density at radius 2 is 1.61 bits per heavy atom. The molecule has 2 aromatic carbocycles. The Hall–Kier alpha value is -2.39. The summed E-state index contributed by atoms with van der Waals surface area (Å²) < 4.78 is 0. The van der Waals surface area contributed by atoms with Crippen LogP contribution < -0.4 is 5.32 Å². The van der Waals surface area contributed by atoms with Crippen molar-refractivity contribution in [3.63, 3.8) is 0 Å². The predicted molar refractivity (Wildman–Crippen MR) is 153 cm³/mol. The largest absolute Gasteiger partial charge is 0.385 e. The maximum absolute atomic E-state index is 8.64. The van der Waals surface area contributed by atoms with Gasteiger partial charge in [0, 0.05) is 25.8 Å². The van der Waals surface area contributed by atoms with Gasteiger partial charge < -0.3 is 10.7 Å². The van der Waals surface area contributed by atoms with Crippen molar-refractivity contribution in [1.82, 2.24) is 4.90 Å². The molecule has 3 nitrogen and oxygen atoms in total. The zero-order valence-electron chi connectivity index (χ0n) is 22.8. The minimum Gasteiger partial charge on any atom is -0.385 e. The minimum absolute atomic E-state index is 0. The Morgan fingerprint density at radius 3 is 2.18 bits per heavy atom. The summed E-state index contributed by atoms with van der Waals surface area (Å²) in [5.74, 6) is 0. The molecule has 0 saturated carbocycles. The normalized spacial score (nSPS) is 10.4. The minimum atomic E-state index is 0. The van der Waals surface area contributed by atoms with Crippen LogP contribution in [0, 0.1) is 19.3 Å². The lowest BCUT2D eigenvalue weighted by Crippen LogP contribution is -2.24. The number of nitrogens with zero attached hydrogens (tertiary/aromatic N) is 1. The van der Waals surface area contributed by atoms with Crippen LogP contribution in [0.2, 0.25) is 0 Å². The van der Waals surface area contributed by atoms with Crippen LogP contribution in [0.15, 0.2) is 42.5 Å². The van der Waals surface area contributed by atoms with Gasteiger partial charge in [0.15, 0.2) is 0 Å². The Balaban J connectivity index is 0. The average Bonchev–Trinajstić information content (AvgIpc) is 2.83. The highest BCUT2D eigenvalue weighted by atomic mass is 15.1. The Kier molecular flexibility index (Phi) is 16.8. The summed E-state index contributed by atoms with van der Waals surface area (Å²) >= 11 is 0. The van der Waals surface area contributed by atoms with Gasteiger partial charge in [-0.15, -0.1) is 0 Å². The zero-order chi connectivity index (χ0) is 25.2. The first-order valence-corrected chi connectivity index (χ1v) is 12.9. The summed E-state index contributed by atoms with van der Waals surface area (Å²) in [5.41, 5.74) is 7.46. The van der Waals surface area contributed by atoms with E-state index in [2.05, 4.69) is 87.3 Å². The number of benzene rings is 2. The van der Waals surface area contributed by atoms with Gasteiger partial charge >= 0.3 is 0 Å². The number of hydrogen-bond donors (Lipinski definition) is 2. The van der Waals surface area contributed by atoms with E-state index in [-0.39, 0.29) is 1.43 Å². The van der Waals surface area contributed by atoms with Crippen molar-refractivity contribution in [2.24, 2.45) is 0 Å². The van der Waals surface area contributed by atoms with Crippen LogP contribution in [-0.2, 0) is 6.54 Å². The van der Waals surface area contributed by atoms with Crippen LogP contribution in [0.25, 0.3) is 6.08 Å². The van der Waals surface area contributed by atoms with Gasteiger partial charge in [-0.05, 0) is 81.1 Å².